The largest absolute Gasteiger partial charge is 0.507 e. The molecule has 164 valence electrons. The van der Waals surface area contributed by atoms with Crippen LogP contribution in [0.4, 0.5) is 0 Å². The van der Waals surface area contributed by atoms with Gasteiger partial charge in [-0.15, -0.1) is 0 Å². The molecule has 2 aliphatic heterocycles. The summed E-state index contributed by atoms with van der Waals surface area (Å²) in [5, 5.41) is 17.5. The molecule has 6 nitrogen and oxygen atoms in total. The summed E-state index contributed by atoms with van der Waals surface area (Å²) in [6.45, 7) is 0. The van der Waals surface area contributed by atoms with Gasteiger partial charge in [-0.05, 0) is 54.6 Å². The van der Waals surface area contributed by atoms with Gasteiger partial charge in [0.25, 0.3) is 0 Å². The van der Waals surface area contributed by atoms with Crippen molar-refractivity contribution >= 4 is 37.6 Å². The van der Waals surface area contributed by atoms with E-state index in [-0.39, 0.29) is 11.8 Å². The number of aromatic hydroxyl groups is 1. The Labute approximate surface area is 202 Å². The van der Waals surface area contributed by atoms with Gasteiger partial charge in [0.2, 0.25) is 6.23 Å². The normalized spacial score (nSPS) is 19.0. The van der Waals surface area contributed by atoms with Gasteiger partial charge in [0.1, 0.15) is 11.5 Å². The van der Waals surface area contributed by atoms with Crippen molar-refractivity contribution in [2.24, 2.45) is 5.10 Å². The molecule has 2 atom stereocenters. The second-order valence-electron chi connectivity index (χ2n) is 7.57. The number of fused-ring (bicyclic) bond motifs is 3. The first kappa shape index (κ1) is 21.2. The molecule has 0 saturated heterocycles. The summed E-state index contributed by atoms with van der Waals surface area (Å²) in [6, 6.07) is 17.1. The van der Waals surface area contributed by atoms with E-state index in [0.717, 1.165) is 31.5 Å². The molecule has 3 aromatic carbocycles. The lowest BCUT2D eigenvalue weighted by Gasteiger charge is -2.38. The number of phenolic OH excluding ortho intramolecular Hbond substituents is 1. The summed E-state index contributed by atoms with van der Waals surface area (Å²) >= 11 is 7.08. The molecule has 3 aromatic rings. The number of halogens is 2. The van der Waals surface area contributed by atoms with Gasteiger partial charge in [0.15, 0.2) is 11.5 Å². The minimum atomic E-state index is -0.566. The quantitative estimate of drug-likeness (QED) is 0.414. The lowest BCUT2D eigenvalue weighted by molar-refractivity contribution is -0.0204. The van der Waals surface area contributed by atoms with Crippen molar-refractivity contribution in [3.8, 4) is 23.0 Å². The maximum atomic E-state index is 10.6. The molecule has 32 heavy (non-hydrogen) atoms. The molecular weight excluding hydrogens is 540 g/mol. The number of hydrogen-bond acceptors (Lipinski definition) is 6. The van der Waals surface area contributed by atoms with Gasteiger partial charge in [-0.3, -0.25) is 0 Å². The number of hydrazone groups is 1. The monoisotopic (exact) mass is 558 g/mol. The summed E-state index contributed by atoms with van der Waals surface area (Å²) in [5.74, 6) is 2.26. The fourth-order valence-electron chi connectivity index (χ4n) is 4.18. The van der Waals surface area contributed by atoms with E-state index in [9.17, 15) is 5.11 Å². The standard InChI is InChI=1S/C24H20Br2N2O4/c1-30-22-7-3-13(9-23(22)31-2)18-12-19-16-10-15(26)5-8-21(16)32-24(28(19)27-18)17-11-14(25)4-6-20(17)29/h3-11,19,24,29H,12H2,1-2H3/t19-,24-/m0/s1. The van der Waals surface area contributed by atoms with Crippen LogP contribution in [0.15, 0.2) is 68.6 Å². The Morgan fingerprint density at radius 3 is 2.41 bits per heavy atom. The van der Waals surface area contributed by atoms with Crippen LogP contribution in [0, 0.1) is 0 Å². The van der Waals surface area contributed by atoms with Gasteiger partial charge in [-0.1, -0.05) is 31.9 Å². The molecule has 2 heterocycles. The maximum absolute atomic E-state index is 10.6. The van der Waals surface area contributed by atoms with Crippen molar-refractivity contribution in [1.82, 2.24) is 5.01 Å². The summed E-state index contributed by atoms with van der Waals surface area (Å²) in [5.41, 5.74) is 3.55. The molecular formula is C24H20Br2N2O4. The number of hydrogen-bond donors (Lipinski definition) is 1. The number of benzene rings is 3. The van der Waals surface area contributed by atoms with Crippen molar-refractivity contribution in [2.75, 3.05) is 14.2 Å². The van der Waals surface area contributed by atoms with Gasteiger partial charge in [-0.25, -0.2) is 5.01 Å². The third-order valence-corrected chi connectivity index (χ3v) is 6.71. The van der Waals surface area contributed by atoms with E-state index in [0.29, 0.717) is 23.5 Å². The SMILES string of the molecule is COc1ccc(C2=NN3[C@@H](C2)c2cc(Br)ccc2O[C@H]3c2cc(Br)ccc2O)cc1OC. The summed E-state index contributed by atoms with van der Waals surface area (Å²) < 4.78 is 19.1. The van der Waals surface area contributed by atoms with Gasteiger partial charge >= 0.3 is 0 Å². The molecule has 0 radical (unpaired) electrons. The molecule has 0 fully saturated rings. The fraction of sp³-hybridized carbons (Fsp3) is 0.208. The number of ether oxygens (including phenoxy) is 3. The topological polar surface area (TPSA) is 63.5 Å². The van der Waals surface area contributed by atoms with E-state index in [2.05, 4.69) is 37.9 Å². The number of rotatable bonds is 4. The van der Waals surface area contributed by atoms with E-state index < -0.39 is 6.23 Å². The Morgan fingerprint density at radius 2 is 1.66 bits per heavy atom. The zero-order chi connectivity index (χ0) is 22.4. The van der Waals surface area contributed by atoms with E-state index in [1.807, 2.05) is 41.4 Å². The van der Waals surface area contributed by atoms with Crippen molar-refractivity contribution in [3.05, 3.63) is 80.2 Å². The summed E-state index contributed by atoms with van der Waals surface area (Å²) in [4.78, 5) is 0. The van der Waals surface area contributed by atoms with Gasteiger partial charge in [0, 0.05) is 26.5 Å². The number of phenols is 1. The van der Waals surface area contributed by atoms with E-state index >= 15 is 0 Å². The highest BCUT2D eigenvalue weighted by molar-refractivity contribution is 9.10. The molecule has 1 N–H and O–H groups in total. The first-order valence-electron chi connectivity index (χ1n) is 10.0. The van der Waals surface area contributed by atoms with Gasteiger partial charge in [0.05, 0.1) is 31.5 Å². The van der Waals surface area contributed by atoms with Crippen molar-refractivity contribution in [3.63, 3.8) is 0 Å². The van der Waals surface area contributed by atoms with Crippen LogP contribution in [0.5, 0.6) is 23.0 Å². The highest BCUT2D eigenvalue weighted by Gasteiger charge is 2.42. The average Bonchev–Trinajstić information content (AvgIpc) is 3.25. The minimum absolute atomic E-state index is 0.0391. The molecule has 0 spiro atoms. The number of nitrogens with zero attached hydrogens (tertiary/aromatic N) is 2. The molecule has 0 aliphatic carbocycles. The van der Waals surface area contributed by atoms with Gasteiger partial charge < -0.3 is 19.3 Å². The lowest BCUT2D eigenvalue weighted by Crippen LogP contribution is -2.33. The van der Waals surface area contributed by atoms with E-state index in [4.69, 9.17) is 19.3 Å². The third-order valence-electron chi connectivity index (χ3n) is 5.72. The molecule has 0 amide bonds. The smallest absolute Gasteiger partial charge is 0.217 e. The van der Waals surface area contributed by atoms with Crippen LogP contribution < -0.4 is 14.2 Å². The summed E-state index contributed by atoms with van der Waals surface area (Å²) in [7, 11) is 3.24. The maximum Gasteiger partial charge on any atom is 0.217 e. The summed E-state index contributed by atoms with van der Waals surface area (Å²) in [6.07, 6.45) is 0.122. The van der Waals surface area contributed by atoms with Crippen LogP contribution in [0.2, 0.25) is 0 Å². The Bertz CT molecular complexity index is 1230. The second kappa shape index (κ2) is 8.33. The van der Waals surface area contributed by atoms with Crippen LogP contribution >= 0.6 is 31.9 Å². The Hall–Kier alpha value is -2.71. The first-order chi connectivity index (χ1) is 15.5. The van der Waals surface area contributed by atoms with Crippen molar-refractivity contribution < 1.29 is 19.3 Å². The van der Waals surface area contributed by atoms with Crippen LogP contribution in [0.3, 0.4) is 0 Å². The molecule has 8 heteroatoms. The molecule has 0 unspecified atom stereocenters. The van der Waals surface area contributed by atoms with E-state index in [1.54, 1.807) is 26.4 Å². The zero-order valence-corrected chi connectivity index (χ0v) is 20.6. The Morgan fingerprint density at radius 1 is 0.938 bits per heavy atom. The van der Waals surface area contributed by atoms with E-state index in [1.165, 1.54) is 0 Å². The molecule has 0 aromatic heterocycles. The first-order valence-corrected chi connectivity index (χ1v) is 11.6. The van der Waals surface area contributed by atoms with Crippen LogP contribution in [0.25, 0.3) is 0 Å². The van der Waals surface area contributed by atoms with Crippen molar-refractivity contribution in [1.29, 1.82) is 0 Å². The minimum Gasteiger partial charge on any atom is -0.507 e. The zero-order valence-electron chi connectivity index (χ0n) is 17.4. The molecule has 5 rings (SSSR count). The Balaban J connectivity index is 1.61. The second-order valence-corrected chi connectivity index (χ2v) is 9.40. The highest BCUT2D eigenvalue weighted by atomic mass is 79.9. The Kier molecular flexibility index (Phi) is 5.51. The predicted molar refractivity (Wildman–Crippen MR) is 129 cm³/mol. The van der Waals surface area contributed by atoms with Crippen molar-refractivity contribution in [2.45, 2.75) is 18.7 Å². The van der Waals surface area contributed by atoms with Gasteiger partial charge in [-0.2, -0.15) is 5.10 Å². The fourth-order valence-corrected chi connectivity index (χ4v) is 4.93. The van der Waals surface area contributed by atoms with Crippen LogP contribution in [0.1, 0.15) is 35.4 Å². The third kappa shape index (κ3) is 3.61. The number of methoxy groups -OCH3 is 2. The molecule has 0 bridgehead atoms. The molecule has 0 saturated carbocycles. The van der Waals surface area contributed by atoms with Crippen LogP contribution in [-0.4, -0.2) is 30.0 Å². The molecule has 2 aliphatic rings. The average molecular weight is 560 g/mol. The predicted octanol–water partition coefficient (Wildman–Crippen LogP) is 6.18. The lowest BCUT2D eigenvalue weighted by atomic mass is 9.95. The van der Waals surface area contributed by atoms with Crippen LogP contribution in [-0.2, 0) is 0 Å². The highest BCUT2D eigenvalue weighted by Crippen LogP contribution is 2.49.